The summed E-state index contributed by atoms with van der Waals surface area (Å²) < 4.78 is 31.6. The number of hydrogen-bond acceptors (Lipinski definition) is 5. The number of carbonyl (C=O) groups excluding carboxylic acids is 1. The second kappa shape index (κ2) is 8.91. The lowest BCUT2D eigenvalue weighted by Crippen LogP contribution is -2.38. The van der Waals surface area contributed by atoms with Gasteiger partial charge in [-0.2, -0.15) is 4.31 Å². The molecule has 1 saturated heterocycles. The molecule has 0 bridgehead atoms. The van der Waals surface area contributed by atoms with Crippen molar-refractivity contribution in [2.75, 3.05) is 50.1 Å². The molecule has 0 saturated carbocycles. The number of sulfonamides is 1. The van der Waals surface area contributed by atoms with Crippen LogP contribution in [0.2, 0.25) is 5.02 Å². The Balaban J connectivity index is 1.74. The maximum atomic E-state index is 12.6. The van der Waals surface area contributed by atoms with Crippen LogP contribution in [0.5, 0.6) is 0 Å². The molecule has 7 nitrogen and oxygen atoms in total. The average molecular weight is 424 g/mol. The number of amides is 1. The van der Waals surface area contributed by atoms with E-state index in [1.54, 1.807) is 36.4 Å². The van der Waals surface area contributed by atoms with Crippen LogP contribution in [-0.2, 0) is 19.6 Å². The van der Waals surface area contributed by atoms with Gasteiger partial charge in [0.2, 0.25) is 15.9 Å². The quantitative estimate of drug-likeness (QED) is 0.772. The van der Waals surface area contributed by atoms with Gasteiger partial charge in [-0.1, -0.05) is 35.9 Å². The third kappa shape index (κ3) is 4.64. The monoisotopic (exact) mass is 423 g/mol. The molecule has 3 rings (SSSR count). The van der Waals surface area contributed by atoms with Crippen LogP contribution in [0, 0.1) is 0 Å². The van der Waals surface area contributed by atoms with Crippen molar-refractivity contribution in [2.24, 2.45) is 0 Å². The van der Waals surface area contributed by atoms with Gasteiger partial charge in [-0.05, 0) is 24.3 Å². The van der Waals surface area contributed by atoms with Crippen LogP contribution in [0.15, 0.2) is 53.4 Å². The number of nitrogens with zero attached hydrogens (tertiary/aromatic N) is 2. The molecule has 0 aromatic heterocycles. The number of rotatable bonds is 6. The molecule has 1 aliphatic heterocycles. The van der Waals surface area contributed by atoms with E-state index in [0.717, 1.165) is 9.99 Å². The Kier molecular flexibility index (Phi) is 6.56. The molecule has 2 aromatic rings. The first kappa shape index (κ1) is 20.6. The van der Waals surface area contributed by atoms with Crippen molar-refractivity contribution in [1.82, 2.24) is 4.31 Å². The molecule has 0 spiro atoms. The van der Waals surface area contributed by atoms with Crippen molar-refractivity contribution < 1.29 is 17.9 Å². The first-order valence-corrected chi connectivity index (χ1v) is 10.6. The lowest BCUT2D eigenvalue weighted by molar-refractivity contribution is -0.116. The minimum absolute atomic E-state index is 0.141. The molecule has 150 valence electrons. The molecule has 1 N–H and O–H groups in total. The van der Waals surface area contributed by atoms with Crippen molar-refractivity contribution in [3.63, 3.8) is 0 Å². The largest absolute Gasteiger partial charge is 0.378 e. The minimum Gasteiger partial charge on any atom is -0.378 e. The predicted octanol–water partition coefficient (Wildman–Crippen LogP) is 2.44. The van der Waals surface area contributed by atoms with Crippen molar-refractivity contribution in [3.05, 3.63) is 53.6 Å². The zero-order valence-corrected chi connectivity index (χ0v) is 17.0. The van der Waals surface area contributed by atoms with Gasteiger partial charge in [-0.15, -0.1) is 0 Å². The minimum atomic E-state index is -3.75. The van der Waals surface area contributed by atoms with E-state index in [1.807, 2.05) is 4.90 Å². The molecule has 1 amide bonds. The molecule has 1 aliphatic rings. The lowest BCUT2D eigenvalue weighted by Gasteiger charge is -2.31. The Morgan fingerprint density at radius 3 is 2.50 bits per heavy atom. The number of benzene rings is 2. The Labute approximate surface area is 169 Å². The summed E-state index contributed by atoms with van der Waals surface area (Å²) in [5.41, 5.74) is 1.26. The fourth-order valence-corrected chi connectivity index (χ4v) is 4.42. The molecule has 0 radical (unpaired) electrons. The van der Waals surface area contributed by atoms with E-state index in [0.29, 0.717) is 37.0 Å². The van der Waals surface area contributed by atoms with Gasteiger partial charge in [0.05, 0.1) is 41.1 Å². The van der Waals surface area contributed by atoms with Gasteiger partial charge in [0.15, 0.2) is 0 Å². The van der Waals surface area contributed by atoms with E-state index in [2.05, 4.69) is 5.32 Å². The van der Waals surface area contributed by atoms with E-state index in [9.17, 15) is 13.2 Å². The Bertz CT molecular complexity index is 931. The van der Waals surface area contributed by atoms with Crippen LogP contribution in [0.4, 0.5) is 11.4 Å². The third-order valence-electron chi connectivity index (χ3n) is 4.41. The Morgan fingerprint density at radius 2 is 1.82 bits per heavy atom. The van der Waals surface area contributed by atoms with Crippen LogP contribution in [0.25, 0.3) is 0 Å². The number of carbonyl (C=O) groups is 1. The second-order valence-corrected chi connectivity index (χ2v) is 8.81. The molecule has 2 aromatic carbocycles. The van der Waals surface area contributed by atoms with E-state index in [1.165, 1.54) is 19.2 Å². The van der Waals surface area contributed by atoms with Crippen molar-refractivity contribution in [3.8, 4) is 0 Å². The van der Waals surface area contributed by atoms with Crippen LogP contribution in [0.3, 0.4) is 0 Å². The second-order valence-electron chi connectivity index (χ2n) is 6.36. The molecule has 28 heavy (non-hydrogen) atoms. The van der Waals surface area contributed by atoms with Crippen LogP contribution in [-0.4, -0.2) is 58.5 Å². The molecule has 1 heterocycles. The summed E-state index contributed by atoms with van der Waals surface area (Å²) >= 11 is 6.36. The highest BCUT2D eigenvalue weighted by molar-refractivity contribution is 7.89. The summed E-state index contributed by atoms with van der Waals surface area (Å²) in [6, 6.07) is 13.3. The van der Waals surface area contributed by atoms with Gasteiger partial charge in [0.1, 0.15) is 0 Å². The fourth-order valence-electron chi connectivity index (χ4n) is 2.97. The van der Waals surface area contributed by atoms with Crippen molar-refractivity contribution in [2.45, 2.75) is 4.90 Å². The average Bonchev–Trinajstić information content (AvgIpc) is 2.69. The molecule has 0 atom stereocenters. The van der Waals surface area contributed by atoms with E-state index in [4.69, 9.17) is 16.3 Å². The standard InChI is InChI=1S/C19H22ClN3O4S/c1-22(28(25,26)15-6-3-2-4-7-15)14-18(24)21-17-9-5-8-16(20)19(17)23-10-12-27-13-11-23/h2-9H,10-14H2,1H3,(H,21,24). The van der Waals surface area contributed by atoms with Gasteiger partial charge in [-0.25, -0.2) is 8.42 Å². The summed E-state index contributed by atoms with van der Waals surface area (Å²) in [5.74, 6) is -0.446. The fraction of sp³-hybridized carbons (Fsp3) is 0.316. The van der Waals surface area contributed by atoms with E-state index in [-0.39, 0.29) is 11.4 Å². The summed E-state index contributed by atoms with van der Waals surface area (Å²) in [6.07, 6.45) is 0. The smallest absolute Gasteiger partial charge is 0.243 e. The Hall–Kier alpha value is -2.13. The molecule has 1 fully saturated rings. The summed E-state index contributed by atoms with van der Waals surface area (Å²) in [4.78, 5) is 14.7. The van der Waals surface area contributed by atoms with Crippen LogP contribution < -0.4 is 10.2 Å². The summed E-state index contributed by atoms with van der Waals surface area (Å²) in [5, 5.41) is 3.31. The highest BCUT2D eigenvalue weighted by Gasteiger charge is 2.24. The molecule has 0 unspecified atom stereocenters. The van der Waals surface area contributed by atoms with Gasteiger partial charge in [0.25, 0.3) is 0 Å². The molecule has 0 aliphatic carbocycles. The van der Waals surface area contributed by atoms with E-state index < -0.39 is 15.9 Å². The van der Waals surface area contributed by atoms with Gasteiger partial charge in [-0.3, -0.25) is 4.79 Å². The number of hydrogen-bond donors (Lipinski definition) is 1. The zero-order valence-electron chi connectivity index (χ0n) is 15.5. The van der Waals surface area contributed by atoms with Crippen molar-refractivity contribution in [1.29, 1.82) is 0 Å². The molecule has 9 heteroatoms. The molecular weight excluding hydrogens is 402 g/mol. The highest BCUT2D eigenvalue weighted by atomic mass is 35.5. The van der Waals surface area contributed by atoms with Gasteiger partial charge < -0.3 is 15.0 Å². The molecular formula is C19H22ClN3O4S. The topological polar surface area (TPSA) is 79.0 Å². The van der Waals surface area contributed by atoms with Gasteiger partial charge >= 0.3 is 0 Å². The number of likely N-dealkylation sites (N-methyl/N-ethyl adjacent to an activating group) is 1. The van der Waals surface area contributed by atoms with Gasteiger partial charge in [0, 0.05) is 20.1 Å². The van der Waals surface area contributed by atoms with Crippen LogP contribution >= 0.6 is 11.6 Å². The lowest BCUT2D eigenvalue weighted by atomic mass is 10.2. The maximum Gasteiger partial charge on any atom is 0.243 e. The number of anilines is 2. The van der Waals surface area contributed by atoms with Crippen molar-refractivity contribution >= 4 is 38.9 Å². The SMILES string of the molecule is CN(CC(=O)Nc1cccc(Cl)c1N1CCOCC1)S(=O)(=O)c1ccccc1. The number of para-hydroxylation sites is 1. The number of halogens is 1. The normalized spacial score (nSPS) is 14.9. The number of ether oxygens (including phenoxy) is 1. The maximum absolute atomic E-state index is 12.6. The predicted molar refractivity (Wildman–Crippen MR) is 109 cm³/mol. The van der Waals surface area contributed by atoms with Crippen LogP contribution in [0.1, 0.15) is 0 Å². The first-order valence-electron chi connectivity index (χ1n) is 8.82. The third-order valence-corrected chi connectivity index (χ3v) is 6.53. The first-order chi connectivity index (χ1) is 13.4. The summed E-state index contributed by atoms with van der Waals surface area (Å²) in [6.45, 7) is 2.17. The Morgan fingerprint density at radius 1 is 1.14 bits per heavy atom. The number of morpholine rings is 1. The highest BCUT2D eigenvalue weighted by Crippen LogP contribution is 2.34. The number of nitrogens with one attached hydrogen (secondary N) is 1. The zero-order chi connectivity index (χ0) is 20.1. The summed E-state index contributed by atoms with van der Waals surface area (Å²) in [7, 11) is -2.37. The van der Waals surface area contributed by atoms with E-state index >= 15 is 0 Å².